The summed E-state index contributed by atoms with van der Waals surface area (Å²) >= 11 is 0. The normalized spacial score (nSPS) is 14.1. The summed E-state index contributed by atoms with van der Waals surface area (Å²) in [5.41, 5.74) is 11.1. The van der Waals surface area contributed by atoms with Crippen LogP contribution in [0.25, 0.3) is 12.2 Å². The topological polar surface area (TPSA) is 322 Å². The third kappa shape index (κ3) is 12.1. The Kier molecular flexibility index (Phi) is 17.8. The van der Waals surface area contributed by atoms with Gasteiger partial charge in [-0.2, -0.15) is 10.2 Å². The van der Waals surface area contributed by atoms with Gasteiger partial charge in [0.25, 0.3) is 11.8 Å². The minimum Gasteiger partial charge on any atom is -0.744 e. The van der Waals surface area contributed by atoms with E-state index in [9.17, 15) is 55.0 Å². The Morgan fingerprint density at radius 2 is 1.04 bits per heavy atom. The minimum absolute atomic E-state index is 0. The largest absolute Gasteiger partial charge is 1.00 e. The second-order valence-electron chi connectivity index (χ2n) is 14.2. The van der Waals surface area contributed by atoms with E-state index >= 15 is 0 Å². The van der Waals surface area contributed by atoms with Crippen LogP contribution in [0.2, 0.25) is 0 Å². The molecule has 24 heteroatoms. The fourth-order valence-corrected chi connectivity index (χ4v) is 7.83. The molecule has 67 heavy (non-hydrogen) atoms. The number of hydrogen-bond donors (Lipinski definition) is 5. The van der Waals surface area contributed by atoms with E-state index in [1.807, 2.05) is 0 Å². The first-order valence-electron chi connectivity index (χ1n) is 18.5. The van der Waals surface area contributed by atoms with Crippen LogP contribution in [0, 0.1) is 13.8 Å². The smallest absolute Gasteiger partial charge is 0.744 e. The summed E-state index contributed by atoms with van der Waals surface area (Å²) in [6, 6.07) is 22.1. The molecule has 0 spiro atoms. The van der Waals surface area contributed by atoms with Gasteiger partial charge in [-0.3, -0.25) is 30.0 Å². The number of carboxylic acids is 1. The molecule has 0 heterocycles. The molecular formula is C43H30N7Na3O12S2. The molecule has 0 saturated carbocycles. The summed E-state index contributed by atoms with van der Waals surface area (Å²) in [6.45, 7) is 3.34. The van der Waals surface area contributed by atoms with Gasteiger partial charge in [0.05, 0.1) is 27.2 Å². The van der Waals surface area contributed by atoms with Crippen LogP contribution in [0.5, 0.6) is 0 Å². The monoisotopic (exact) mass is 969 g/mol. The quantitative estimate of drug-likeness (QED) is 0.0358. The summed E-state index contributed by atoms with van der Waals surface area (Å²) in [7, 11) is -10.6. The molecule has 0 fully saturated rings. The van der Waals surface area contributed by atoms with E-state index in [2.05, 4.69) is 31.7 Å². The Labute approximate surface area is 448 Å². The van der Waals surface area contributed by atoms with E-state index in [4.69, 9.17) is 5.73 Å². The third-order valence-electron chi connectivity index (χ3n) is 9.87. The van der Waals surface area contributed by atoms with Crippen molar-refractivity contribution < 1.29 is 144 Å². The first kappa shape index (κ1) is 54.5. The molecule has 0 atom stereocenters. The van der Waals surface area contributed by atoms with Crippen LogP contribution in [0.3, 0.4) is 0 Å². The number of hydrazone groups is 2. The number of rotatable bonds is 11. The van der Waals surface area contributed by atoms with Crippen LogP contribution in [0.1, 0.15) is 74.0 Å². The summed E-state index contributed by atoms with van der Waals surface area (Å²) in [5.74, 6) is -4.68. The molecule has 324 valence electrons. The van der Waals surface area contributed by atoms with Gasteiger partial charge in [0.2, 0.25) is 11.6 Å². The van der Waals surface area contributed by atoms with Crippen molar-refractivity contribution in [3.05, 3.63) is 157 Å². The minimum atomic E-state index is -5.32. The fraction of sp³-hybridized carbons (Fsp3) is 0.0465. The van der Waals surface area contributed by atoms with Crippen LogP contribution < -0.4 is 121 Å². The van der Waals surface area contributed by atoms with Crippen LogP contribution in [-0.2, 0) is 20.2 Å². The average Bonchev–Trinajstić information content (AvgIpc) is 3.23. The third-order valence-corrected chi connectivity index (χ3v) is 11.6. The Balaban J connectivity index is 0.00000327. The second-order valence-corrected chi connectivity index (χ2v) is 16.9. The number of para-hydroxylation sites is 1. The molecular weight excluding hydrogens is 940 g/mol. The molecule has 0 unspecified atom stereocenters. The number of nitrogens with two attached hydrogens (primary N) is 1. The van der Waals surface area contributed by atoms with Crippen LogP contribution in [0.15, 0.2) is 117 Å². The van der Waals surface area contributed by atoms with Crippen molar-refractivity contribution in [1.29, 1.82) is 0 Å². The standard InChI is InChI=1S/C43H33N7O12S2.3Na/c1-21-7-8-24(18-32(21)44)42(54)46-28-11-13-29-26(17-28)19-35(63(57,58)59)37(39(29)51)49-47-33-14-9-23(15-22(33)2)41(53)45-27-10-12-30-25(16-27)20-36(64(60,61)62)38(40(30)52)50-48-34-6-4-3-5-31(34)43(55)56;;;/h3-20,47-48H,44H2,1-2H3,(H,45,53)(H,46,54)(H,55,56)(H,57,58,59)(H,60,61,62);;;/q;3*+1/p-3. The molecule has 2 aliphatic rings. The number of carbonyl (C=O) groups is 5. The molecule has 19 nitrogen and oxygen atoms in total. The number of carbonyl (C=O) groups excluding carboxylic acids is 5. The summed E-state index contributed by atoms with van der Waals surface area (Å²) in [6.07, 6.45) is 1.86. The molecule has 0 aromatic heterocycles. The Morgan fingerprint density at radius 1 is 0.582 bits per heavy atom. The zero-order valence-corrected chi connectivity index (χ0v) is 43.7. The van der Waals surface area contributed by atoms with E-state index in [-0.39, 0.29) is 150 Å². The van der Waals surface area contributed by atoms with Crippen molar-refractivity contribution in [3.63, 3.8) is 0 Å². The molecule has 0 radical (unpaired) electrons. The predicted octanol–water partition coefficient (Wildman–Crippen LogP) is -5.13. The predicted molar refractivity (Wildman–Crippen MR) is 232 cm³/mol. The van der Waals surface area contributed by atoms with Gasteiger partial charge in [-0.15, -0.1) is 0 Å². The molecule has 0 aliphatic heterocycles. The Bertz CT molecular complexity index is 3280. The molecule has 5 aromatic carbocycles. The van der Waals surface area contributed by atoms with Gasteiger partial charge in [-0.1, -0.05) is 24.3 Å². The number of allylic oxidation sites excluding steroid dienone is 2. The van der Waals surface area contributed by atoms with E-state index in [1.54, 1.807) is 26.0 Å². The number of amides is 2. The number of nitrogens with zero attached hydrogens (tertiary/aromatic N) is 2. The zero-order chi connectivity index (χ0) is 46.2. The maximum absolute atomic E-state index is 13.6. The maximum Gasteiger partial charge on any atom is 1.00 e. The van der Waals surface area contributed by atoms with Gasteiger partial charge in [-0.25, -0.2) is 16.8 Å². The number of nitrogen functional groups attached to an aromatic ring is 1. The van der Waals surface area contributed by atoms with Gasteiger partial charge >= 0.3 is 88.7 Å². The van der Waals surface area contributed by atoms with Crippen LogP contribution >= 0.6 is 0 Å². The summed E-state index contributed by atoms with van der Waals surface area (Å²) < 4.78 is 73.9. The number of anilines is 5. The van der Waals surface area contributed by atoms with Crippen molar-refractivity contribution in [2.75, 3.05) is 27.2 Å². The summed E-state index contributed by atoms with van der Waals surface area (Å²) in [5, 5.41) is 24.5. The van der Waals surface area contributed by atoms with Crippen LogP contribution in [0.4, 0.5) is 28.4 Å². The van der Waals surface area contributed by atoms with Crippen molar-refractivity contribution >= 4 is 102 Å². The molecule has 6 N–H and O–H groups in total. The Hall–Kier alpha value is -5.11. The van der Waals surface area contributed by atoms with E-state index < -0.39 is 70.8 Å². The Morgan fingerprint density at radius 3 is 1.51 bits per heavy atom. The number of hydrogen-bond acceptors (Lipinski definition) is 17. The van der Waals surface area contributed by atoms with Crippen LogP contribution in [-0.4, -0.2) is 66.7 Å². The van der Waals surface area contributed by atoms with Crippen molar-refractivity contribution in [2.45, 2.75) is 13.8 Å². The van der Waals surface area contributed by atoms with Gasteiger partial charge < -0.3 is 35.4 Å². The number of aryl methyl sites for hydroxylation is 2. The van der Waals surface area contributed by atoms with E-state index in [0.717, 1.165) is 17.7 Å². The van der Waals surface area contributed by atoms with Crippen molar-refractivity contribution in [1.82, 2.24) is 0 Å². The molecule has 5 aromatic rings. The first-order valence-corrected chi connectivity index (χ1v) is 21.3. The number of carboxylic acid groups (broad SMARTS) is 1. The maximum atomic E-state index is 13.6. The fourth-order valence-electron chi connectivity index (χ4n) is 6.53. The number of aromatic carboxylic acids is 1. The van der Waals surface area contributed by atoms with Crippen molar-refractivity contribution in [2.24, 2.45) is 10.2 Å². The van der Waals surface area contributed by atoms with Gasteiger partial charge in [-0.05, 0) is 121 Å². The molecule has 2 amide bonds. The molecule has 0 saturated heterocycles. The number of fused-ring (bicyclic) bond motifs is 2. The number of nitrogens with one attached hydrogen (secondary N) is 4. The van der Waals surface area contributed by atoms with Gasteiger partial charge in [0.15, 0.2) is 0 Å². The van der Waals surface area contributed by atoms with E-state index in [0.29, 0.717) is 11.3 Å². The molecule has 7 rings (SSSR count). The van der Waals surface area contributed by atoms with Crippen molar-refractivity contribution in [3.8, 4) is 0 Å². The molecule has 2 aliphatic carbocycles. The average molecular weight is 970 g/mol. The zero-order valence-electron chi connectivity index (χ0n) is 36.1. The van der Waals surface area contributed by atoms with Gasteiger partial charge in [0.1, 0.15) is 31.7 Å². The molecule has 0 bridgehead atoms. The van der Waals surface area contributed by atoms with E-state index in [1.165, 1.54) is 84.9 Å². The summed E-state index contributed by atoms with van der Waals surface area (Å²) in [4.78, 5) is 62.7. The number of benzene rings is 5. The first-order chi connectivity index (χ1) is 30.2. The van der Waals surface area contributed by atoms with Gasteiger partial charge in [0, 0.05) is 44.9 Å². The number of ketones is 2. The SMILES string of the molecule is Cc1ccc(C(=O)Nc2ccc3c(c2)C=C(S(=O)(=O)[O-])C(=NNc2ccc(C(=O)Nc4ccc5c(c4)C=C(S(=O)(=O)[O-])C(=NNc4ccccc4C(=O)[O-])C5=O)cc2C)C3=O)cc1N.[Na+].[Na+].[Na+]. The second kappa shape index (κ2) is 21.9. The number of Topliss-reactive ketones (excluding diaryl/α,β-unsaturated/α-hetero) is 2.